The fourth-order valence-electron chi connectivity index (χ4n) is 3.86. The Morgan fingerprint density at radius 2 is 1.81 bits per heavy atom. The van der Waals surface area contributed by atoms with Crippen LogP contribution in [0.1, 0.15) is 65.4 Å². The molecule has 0 bridgehead atoms. The van der Waals surface area contributed by atoms with Gasteiger partial charge >= 0.3 is 0 Å². The number of benzene rings is 1. The highest BCUT2D eigenvalue weighted by molar-refractivity contribution is 7.15. The smallest absolute Gasteiger partial charge is 0.257 e. The highest BCUT2D eigenvalue weighted by atomic mass is 32.1. The fourth-order valence-corrected chi connectivity index (χ4v) is 4.92. The van der Waals surface area contributed by atoms with Crippen LogP contribution in [0.3, 0.4) is 0 Å². The van der Waals surface area contributed by atoms with Crippen LogP contribution < -0.4 is 10.6 Å². The van der Waals surface area contributed by atoms with Gasteiger partial charge in [-0.1, -0.05) is 31.0 Å². The van der Waals surface area contributed by atoms with Gasteiger partial charge in [0, 0.05) is 16.5 Å². The zero-order valence-electron chi connectivity index (χ0n) is 14.7. The van der Waals surface area contributed by atoms with E-state index in [9.17, 15) is 9.59 Å². The molecule has 0 saturated heterocycles. The molecule has 2 aliphatic carbocycles. The summed E-state index contributed by atoms with van der Waals surface area (Å²) in [5.74, 6) is -0.245. The lowest BCUT2D eigenvalue weighted by Crippen LogP contribution is -2.37. The summed E-state index contributed by atoms with van der Waals surface area (Å²) in [6.45, 7) is 0. The molecule has 5 nitrogen and oxygen atoms in total. The summed E-state index contributed by atoms with van der Waals surface area (Å²) in [7, 11) is 0. The molecule has 1 aromatic carbocycles. The van der Waals surface area contributed by atoms with Crippen molar-refractivity contribution in [1.82, 2.24) is 10.3 Å². The second-order valence-corrected chi connectivity index (χ2v) is 8.17. The highest BCUT2D eigenvalue weighted by Crippen LogP contribution is 2.37. The van der Waals surface area contributed by atoms with Gasteiger partial charge in [0.15, 0.2) is 5.13 Å². The van der Waals surface area contributed by atoms with Crippen LogP contribution in [0.5, 0.6) is 0 Å². The molecule has 1 unspecified atom stereocenters. The predicted molar refractivity (Wildman–Crippen MR) is 103 cm³/mol. The third-order valence-electron chi connectivity index (χ3n) is 5.23. The van der Waals surface area contributed by atoms with Crippen molar-refractivity contribution >= 4 is 28.3 Å². The average Bonchev–Trinajstić information content (AvgIpc) is 3.31. The number of aromatic nitrogens is 1. The Morgan fingerprint density at radius 1 is 1.04 bits per heavy atom. The van der Waals surface area contributed by atoms with Gasteiger partial charge in [0.05, 0.1) is 11.6 Å². The second kappa shape index (κ2) is 7.58. The minimum absolute atomic E-state index is 0.101. The van der Waals surface area contributed by atoms with Crippen molar-refractivity contribution in [3.05, 3.63) is 46.5 Å². The van der Waals surface area contributed by atoms with Crippen LogP contribution in [0.25, 0.3) is 0 Å². The lowest BCUT2D eigenvalue weighted by molar-refractivity contribution is -0.123. The molecule has 2 aliphatic rings. The number of rotatable bonds is 4. The van der Waals surface area contributed by atoms with E-state index in [0.717, 1.165) is 42.7 Å². The van der Waals surface area contributed by atoms with Crippen molar-refractivity contribution in [1.29, 1.82) is 0 Å². The first kappa shape index (κ1) is 17.2. The van der Waals surface area contributed by atoms with Crippen LogP contribution in [0.15, 0.2) is 30.3 Å². The van der Waals surface area contributed by atoms with E-state index in [0.29, 0.717) is 16.7 Å². The van der Waals surface area contributed by atoms with Crippen LogP contribution in [0, 0.1) is 0 Å². The quantitative estimate of drug-likeness (QED) is 0.859. The van der Waals surface area contributed by atoms with Gasteiger partial charge in [0.1, 0.15) is 0 Å². The Kier molecular flexibility index (Phi) is 5.02. The molecule has 0 aliphatic heterocycles. The molecule has 1 saturated carbocycles. The van der Waals surface area contributed by atoms with Crippen LogP contribution in [-0.4, -0.2) is 22.8 Å². The number of amides is 2. The number of hydrogen-bond donors (Lipinski definition) is 2. The van der Waals surface area contributed by atoms with E-state index in [1.54, 1.807) is 12.1 Å². The average molecular weight is 369 g/mol. The Hall–Kier alpha value is -2.21. The molecule has 2 N–H and O–H groups in total. The number of hydrogen-bond acceptors (Lipinski definition) is 4. The van der Waals surface area contributed by atoms with Gasteiger partial charge in [-0.2, -0.15) is 0 Å². The number of thiazole rings is 1. The molecule has 1 aromatic heterocycles. The molecule has 2 amide bonds. The highest BCUT2D eigenvalue weighted by Gasteiger charge is 2.32. The number of fused-ring (bicyclic) bond motifs is 1. The van der Waals surface area contributed by atoms with Crippen molar-refractivity contribution in [3.8, 4) is 0 Å². The van der Waals surface area contributed by atoms with E-state index < -0.39 is 0 Å². The first-order chi connectivity index (χ1) is 12.7. The van der Waals surface area contributed by atoms with E-state index >= 15 is 0 Å². The molecule has 1 fully saturated rings. The summed E-state index contributed by atoms with van der Waals surface area (Å²) in [5.41, 5.74) is 1.47. The van der Waals surface area contributed by atoms with E-state index in [-0.39, 0.29) is 17.7 Å². The largest absolute Gasteiger partial charge is 0.353 e. The molecular weight excluding hydrogens is 346 g/mol. The first-order valence-electron chi connectivity index (χ1n) is 9.37. The molecule has 0 spiro atoms. The molecule has 4 rings (SSSR count). The van der Waals surface area contributed by atoms with Crippen molar-refractivity contribution in [2.45, 2.75) is 56.9 Å². The van der Waals surface area contributed by atoms with Crippen LogP contribution >= 0.6 is 11.3 Å². The van der Waals surface area contributed by atoms with Gasteiger partial charge in [-0.3, -0.25) is 14.9 Å². The van der Waals surface area contributed by atoms with Crippen molar-refractivity contribution in [2.24, 2.45) is 0 Å². The maximum Gasteiger partial charge on any atom is 0.257 e. The lowest BCUT2D eigenvalue weighted by Gasteiger charge is -2.22. The number of nitrogens with one attached hydrogen (secondary N) is 2. The first-order valence-corrected chi connectivity index (χ1v) is 10.2. The Bertz CT molecular complexity index is 797. The third kappa shape index (κ3) is 3.65. The monoisotopic (exact) mass is 369 g/mol. The molecule has 136 valence electrons. The molecule has 1 atom stereocenters. The van der Waals surface area contributed by atoms with Crippen LogP contribution in [0.4, 0.5) is 5.13 Å². The molecular formula is C20H23N3O2S. The zero-order chi connectivity index (χ0) is 17.9. The summed E-state index contributed by atoms with van der Waals surface area (Å²) >= 11 is 1.50. The summed E-state index contributed by atoms with van der Waals surface area (Å²) in [4.78, 5) is 30.8. The van der Waals surface area contributed by atoms with E-state index in [1.165, 1.54) is 24.2 Å². The van der Waals surface area contributed by atoms with Gasteiger partial charge < -0.3 is 5.32 Å². The van der Waals surface area contributed by atoms with Crippen LogP contribution in [-0.2, 0) is 11.2 Å². The molecule has 0 radical (unpaired) electrons. The van der Waals surface area contributed by atoms with Gasteiger partial charge in [0.2, 0.25) is 5.91 Å². The SMILES string of the molecule is O=C(Nc1nc2c(s1)CCCC2C(=O)NC1CCCC1)c1ccccc1. The normalized spacial score (nSPS) is 19.8. The summed E-state index contributed by atoms with van der Waals surface area (Å²) in [6.07, 6.45) is 7.33. The van der Waals surface area contributed by atoms with Crippen molar-refractivity contribution in [3.63, 3.8) is 0 Å². The predicted octanol–water partition coefficient (Wildman–Crippen LogP) is 3.87. The number of carbonyl (C=O) groups is 2. The van der Waals surface area contributed by atoms with Gasteiger partial charge in [-0.05, 0) is 44.2 Å². The minimum Gasteiger partial charge on any atom is -0.353 e. The van der Waals surface area contributed by atoms with Gasteiger partial charge in [-0.25, -0.2) is 4.98 Å². The second-order valence-electron chi connectivity index (χ2n) is 7.08. The minimum atomic E-state index is -0.182. The fraction of sp³-hybridized carbons (Fsp3) is 0.450. The number of aryl methyl sites for hydroxylation is 1. The standard InChI is InChI=1S/C20H23N3O2S/c24-18(13-7-2-1-3-8-13)23-20-22-17-15(11-6-12-16(17)26-20)19(25)21-14-9-4-5-10-14/h1-3,7-8,14-15H,4-6,9-12H2,(H,21,25)(H,22,23,24). The Balaban J connectivity index is 1.48. The lowest BCUT2D eigenvalue weighted by atomic mass is 9.90. The molecule has 6 heteroatoms. The number of nitrogens with zero attached hydrogens (tertiary/aromatic N) is 1. The zero-order valence-corrected chi connectivity index (χ0v) is 15.5. The van der Waals surface area contributed by atoms with Gasteiger partial charge in [0.25, 0.3) is 5.91 Å². The van der Waals surface area contributed by atoms with E-state index in [2.05, 4.69) is 15.6 Å². The molecule has 1 heterocycles. The van der Waals surface area contributed by atoms with Gasteiger partial charge in [-0.15, -0.1) is 11.3 Å². The maximum absolute atomic E-state index is 12.7. The van der Waals surface area contributed by atoms with E-state index in [4.69, 9.17) is 0 Å². The Labute approximate surface area is 157 Å². The third-order valence-corrected chi connectivity index (χ3v) is 6.28. The Morgan fingerprint density at radius 3 is 2.58 bits per heavy atom. The maximum atomic E-state index is 12.7. The summed E-state index contributed by atoms with van der Waals surface area (Å²) < 4.78 is 0. The van der Waals surface area contributed by atoms with Crippen molar-refractivity contribution in [2.75, 3.05) is 5.32 Å². The van der Waals surface area contributed by atoms with Crippen LogP contribution in [0.2, 0.25) is 0 Å². The molecule has 2 aromatic rings. The molecule has 26 heavy (non-hydrogen) atoms. The number of carbonyl (C=O) groups excluding carboxylic acids is 2. The van der Waals surface area contributed by atoms with Crippen molar-refractivity contribution < 1.29 is 9.59 Å². The number of anilines is 1. The van der Waals surface area contributed by atoms with E-state index in [1.807, 2.05) is 18.2 Å². The topological polar surface area (TPSA) is 71.1 Å². The summed E-state index contributed by atoms with van der Waals surface area (Å²) in [6, 6.07) is 9.44. The summed E-state index contributed by atoms with van der Waals surface area (Å²) in [5, 5.41) is 6.68.